The second-order valence-electron chi connectivity index (χ2n) is 7.38. The maximum atomic E-state index is 13.7. The van der Waals surface area contributed by atoms with Gasteiger partial charge < -0.3 is 9.30 Å². The molecule has 0 saturated heterocycles. The monoisotopic (exact) mass is 489 g/mol. The Bertz CT molecular complexity index is 1380. The number of benzene rings is 2. The molecule has 5 nitrogen and oxygen atoms in total. The Balaban J connectivity index is 0.00000385. The van der Waals surface area contributed by atoms with Gasteiger partial charge in [-0.15, -0.1) is 0 Å². The SMILES string of the molecule is C\C=C(/C=C\C(OC)=C(/C)CC)n1c(=O)c2cc[c-]cc2n(-c2ccc(F)cc2C)c1=O.[Fe]. The van der Waals surface area contributed by atoms with Crippen LogP contribution in [0.3, 0.4) is 0 Å². The predicted molar refractivity (Wildman–Crippen MR) is 126 cm³/mol. The molecule has 2 aromatic carbocycles. The van der Waals surface area contributed by atoms with Gasteiger partial charge in [0.15, 0.2) is 0 Å². The van der Waals surface area contributed by atoms with Crippen molar-refractivity contribution in [1.82, 2.24) is 9.13 Å². The second kappa shape index (κ2) is 11.1. The van der Waals surface area contributed by atoms with E-state index in [9.17, 15) is 14.0 Å². The normalized spacial score (nSPS) is 12.6. The van der Waals surface area contributed by atoms with Gasteiger partial charge in [-0.1, -0.05) is 13.0 Å². The number of aryl methyl sites for hydroxylation is 1. The molecule has 0 saturated carbocycles. The van der Waals surface area contributed by atoms with E-state index in [1.807, 2.05) is 13.8 Å². The Morgan fingerprint density at radius 1 is 1.21 bits per heavy atom. The third-order valence-electron chi connectivity index (χ3n) is 5.43. The first-order chi connectivity index (χ1) is 15.3. The molecule has 0 atom stereocenters. The number of ether oxygens (including phenoxy) is 1. The Labute approximate surface area is 203 Å². The predicted octanol–water partition coefficient (Wildman–Crippen LogP) is 5.15. The Morgan fingerprint density at radius 2 is 1.94 bits per heavy atom. The number of allylic oxidation sites excluding steroid dienone is 5. The molecule has 174 valence electrons. The van der Waals surface area contributed by atoms with E-state index in [-0.39, 0.29) is 17.1 Å². The Kier molecular flexibility index (Phi) is 8.80. The molecule has 0 amide bonds. The maximum Gasteiger partial charge on any atom is 0.329 e. The van der Waals surface area contributed by atoms with Crippen LogP contribution in [-0.2, 0) is 21.8 Å². The number of halogens is 1. The number of fused-ring (bicyclic) bond motifs is 1. The molecular formula is C26H26FFeN2O3-. The summed E-state index contributed by atoms with van der Waals surface area (Å²) < 4.78 is 21.7. The summed E-state index contributed by atoms with van der Waals surface area (Å²) >= 11 is 0. The van der Waals surface area contributed by atoms with E-state index in [0.717, 1.165) is 16.6 Å². The van der Waals surface area contributed by atoms with Crippen molar-refractivity contribution in [1.29, 1.82) is 0 Å². The van der Waals surface area contributed by atoms with Gasteiger partial charge in [-0.25, -0.2) is 13.8 Å². The van der Waals surface area contributed by atoms with E-state index in [1.54, 1.807) is 57.4 Å². The zero-order chi connectivity index (χ0) is 23.4. The summed E-state index contributed by atoms with van der Waals surface area (Å²) in [5.41, 5.74) is 1.93. The van der Waals surface area contributed by atoms with E-state index in [1.165, 1.54) is 22.8 Å². The van der Waals surface area contributed by atoms with Crippen LogP contribution < -0.4 is 11.2 Å². The molecule has 0 spiro atoms. The van der Waals surface area contributed by atoms with Crippen LogP contribution in [-0.4, -0.2) is 16.2 Å². The average Bonchev–Trinajstić information content (AvgIpc) is 2.79. The number of hydrogen-bond acceptors (Lipinski definition) is 3. The van der Waals surface area contributed by atoms with Crippen LogP contribution in [0.25, 0.3) is 22.3 Å². The largest absolute Gasteiger partial charge is 0.497 e. The molecule has 0 aliphatic rings. The van der Waals surface area contributed by atoms with Crippen molar-refractivity contribution < 1.29 is 26.2 Å². The van der Waals surface area contributed by atoms with Gasteiger partial charge in [0.1, 0.15) is 11.6 Å². The van der Waals surface area contributed by atoms with Crippen molar-refractivity contribution in [2.45, 2.75) is 34.1 Å². The van der Waals surface area contributed by atoms with Gasteiger partial charge in [0.05, 0.1) is 7.11 Å². The summed E-state index contributed by atoms with van der Waals surface area (Å²) in [6, 6.07) is 12.0. The first kappa shape index (κ1) is 26.1. The molecule has 0 N–H and O–H groups in total. The third-order valence-corrected chi connectivity index (χ3v) is 5.43. The fourth-order valence-corrected chi connectivity index (χ4v) is 3.55. The molecule has 3 rings (SSSR count). The van der Waals surface area contributed by atoms with Crippen LogP contribution in [0.15, 0.2) is 75.5 Å². The Morgan fingerprint density at radius 3 is 2.55 bits per heavy atom. The second-order valence-corrected chi connectivity index (χ2v) is 7.38. The summed E-state index contributed by atoms with van der Waals surface area (Å²) in [5, 5.41) is 0.354. The van der Waals surface area contributed by atoms with Gasteiger partial charge in [0.2, 0.25) is 5.56 Å². The van der Waals surface area contributed by atoms with Gasteiger partial charge in [-0.05, 0) is 79.6 Å². The van der Waals surface area contributed by atoms with Crippen molar-refractivity contribution in [3.63, 3.8) is 0 Å². The minimum absolute atomic E-state index is 0. The van der Waals surface area contributed by atoms with Gasteiger partial charge in [-0.3, -0.25) is 4.79 Å². The zero-order valence-electron chi connectivity index (χ0n) is 19.3. The average molecular weight is 489 g/mol. The van der Waals surface area contributed by atoms with Crippen LogP contribution in [0, 0.1) is 18.8 Å². The van der Waals surface area contributed by atoms with E-state index in [2.05, 4.69) is 6.07 Å². The van der Waals surface area contributed by atoms with Gasteiger partial charge in [0.25, 0.3) is 0 Å². The number of rotatable bonds is 6. The van der Waals surface area contributed by atoms with E-state index in [4.69, 9.17) is 4.74 Å². The smallest absolute Gasteiger partial charge is 0.329 e. The molecular weight excluding hydrogens is 463 g/mol. The number of hydrogen-bond donors (Lipinski definition) is 0. The molecule has 1 aromatic heterocycles. The first-order valence-electron chi connectivity index (χ1n) is 10.4. The molecule has 0 radical (unpaired) electrons. The van der Waals surface area contributed by atoms with Crippen molar-refractivity contribution in [3.05, 3.63) is 104 Å². The minimum atomic E-state index is -0.551. The van der Waals surface area contributed by atoms with Crippen molar-refractivity contribution in [3.8, 4) is 5.69 Å². The number of aromatic nitrogens is 2. The summed E-state index contributed by atoms with van der Waals surface area (Å²) in [6.07, 6.45) is 5.93. The Hall–Kier alpha value is -3.15. The van der Waals surface area contributed by atoms with E-state index < -0.39 is 17.1 Å². The van der Waals surface area contributed by atoms with Crippen LogP contribution >= 0.6 is 0 Å². The van der Waals surface area contributed by atoms with E-state index in [0.29, 0.717) is 33.6 Å². The fourth-order valence-electron chi connectivity index (χ4n) is 3.55. The summed E-state index contributed by atoms with van der Waals surface area (Å²) in [5.74, 6) is 0.274. The van der Waals surface area contributed by atoms with Crippen LogP contribution in [0.5, 0.6) is 0 Å². The first-order valence-corrected chi connectivity index (χ1v) is 10.4. The third kappa shape index (κ3) is 5.10. The van der Waals surface area contributed by atoms with E-state index >= 15 is 0 Å². The van der Waals surface area contributed by atoms with Crippen LogP contribution in [0.2, 0.25) is 0 Å². The molecule has 0 unspecified atom stereocenters. The molecule has 1 heterocycles. The summed E-state index contributed by atoms with van der Waals surface area (Å²) in [6.45, 7) is 7.46. The summed E-state index contributed by atoms with van der Waals surface area (Å²) in [7, 11) is 1.58. The van der Waals surface area contributed by atoms with Gasteiger partial charge >= 0.3 is 5.69 Å². The van der Waals surface area contributed by atoms with Crippen LogP contribution in [0.1, 0.15) is 32.8 Å². The van der Waals surface area contributed by atoms with Crippen molar-refractivity contribution >= 4 is 16.6 Å². The quantitative estimate of drug-likeness (QED) is 0.209. The van der Waals surface area contributed by atoms with Gasteiger partial charge in [-0.2, -0.15) is 24.3 Å². The molecule has 3 aromatic rings. The maximum absolute atomic E-state index is 13.7. The molecule has 33 heavy (non-hydrogen) atoms. The zero-order valence-corrected chi connectivity index (χ0v) is 20.4. The number of methoxy groups -OCH3 is 1. The fraction of sp³-hybridized carbons (Fsp3) is 0.231. The molecule has 0 aliphatic heterocycles. The topological polar surface area (TPSA) is 53.2 Å². The standard InChI is InChI=1S/C26H26FN2O3.Fe/c1-6-17(3)24(32-5)15-13-20(7-2)28-25(30)21-10-8-9-11-23(21)29(26(28)31)22-14-12-19(27)16-18(22)4;/h7-8,10-16H,6H2,1-5H3;/q-1;/b15-13-,20-7+,24-17-;. The van der Waals surface area contributed by atoms with Gasteiger partial charge in [0, 0.05) is 28.5 Å². The molecule has 0 fully saturated rings. The number of nitrogens with zero attached hydrogens (tertiary/aromatic N) is 2. The van der Waals surface area contributed by atoms with Crippen molar-refractivity contribution in [2.75, 3.05) is 7.11 Å². The molecule has 0 bridgehead atoms. The summed E-state index contributed by atoms with van der Waals surface area (Å²) in [4.78, 5) is 27.0. The van der Waals surface area contributed by atoms with Crippen molar-refractivity contribution in [2.24, 2.45) is 0 Å². The molecule has 7 heteroatoms. The minimum Gasteiger partial charge on any atom is -0.497 e. The molecule has 0 aliphatic carbocycles. The van der Waals surface area contributed by atoms with Crippen LogP contribution in [0.4, 0.5) is 4.39 Å².